The Morgan fingerprint density at radius 2 is 1.65 bits per heavy atom. The number of hydrogen-bond donors (Lipinski definition) is 2. The van der Waals surface area contributed by atoms with Crippen LogP contribution in [0.1, 0.15) is 55.6 Å². The van der Waals surface area contributed by atoms with E-state index in [1.165, 1.54) is 27.2 Å². The minimum Gasteiger partial charge on any atom is -0.480 e. The van der Waals surface area contributed by atoms with Gasteiger partial charge >= 0.3 is 12.1 Å². The van der Waals surface area contributed by atoms with Crippen molar-refractivity contribution < 1.29 is 24.2 Å². The van der Waals surface area contributed by atoms with Gasteiger partial charge in [-0.15, -0.1) is 0 Å². The summed E-state index contributed by atoms with van der Waals surface area (Å²) >= 11 is 0. The van der Waals surface area contributed by atoms with Gasteiger partial charge in [0.1, 0.15) is 12.6 Å². The Morgan fingerprint density at radius 1 is 0.971 bits per heavy atom. The number of carboxylic acid groups (broad SMARTS) is 1. The largest absolute Gasteiger partial charge is 0.480 e. The number of carbonyl (C=O) groups excluding carboxylic acids is 2. The van der Waals surface area contributed by atoms with Crippen molar-refractivity contribution in [2.24, 2.45) is 5.92 Å². The second kappa shape index (κ2) is 9.49. The smallest absolute Gasteiger partial charge is 0.407 e. The van der Waals surface area contributed by atoms with Gasteiger partial charge in [0.15, 0.2) is 0 Å². The molecular formula is C27H30N2O5. The zero-order valence-electron chi connectivity index (χ0n) is 19.1. The first-order valence-corrected chi connectivity index (χ1v) is 12.1. The van der Waals surface area contributed by atoms with Crippen LogP contribution < -0.4 is 5.32 Å². The van der Waals surface area contributed by atoms with Crippen LogP contribution in [0.5, 0.6) is 0 Å². The third-order valence-corrected chi connectivity index (χ3v) is 7.53. The van der Waals surface area contributed by atoms with Crippen molar-refractivity contribution in [3.05, 3.63) is 59.7 Å². The van der Waals surface area contributed by atoms with Gasteiger partial charge in [-0.1, -0.05) is 48.5 Å². The molecule has 3 atom stereocenters. The predicted octanol–water partition coefficient (Wildman–Crippen LogP) is 4.16. The molecule has 7 heteroatoms. The molecule has 2 fully saturated rings. The molecule has 2 amide bonds. The summed E-state index contributed by atoms with van der Waals surface area (Å²) in [6.07, 6.45) is 3.52. The van der Waals surface area contributed by atoms with Crippen LogP contribution in [0.25, 0.3) is 11.1 Å². The maximum absolute atomic E-state index is 12.6. The summed E-state index contributed by atoms with van der Waals surface area (Å²) in [7, 11) is 0. The van der Waals surface area contributed by atoms with Gasteiger partial charge in [-0.3, -0.25) is 4.79 Å². The number of ether oxygens (including phenoxy) is 1. The van der Waals surface area contributed by atoms with Gasteiger partial charge < -0.3 is 20.1 Å². The number of nitrogens with zero attached hydrogens (tertiary/aromatic N) is 1. The molecule has 7 nitrogen and oxygen atoms in total. The summed E-state index contributed by atoms with van der Waals surface area (Å²) in [5.41, 5.74) is 4.74. The minimum atomic E-state index is -0.924. The molecule has 5 rings (SSSR count). The topological polar surface area (TPSA) is 95.9 Å². The quantitative estimate of drug-likeness (QED) is 0.672. The van der Waals surface area contributed by atoms with Crippen molar-refractivity contribution in [3.8, 4) is 11.1 Å². The number of hydrogen-bond acceptors (Lipinski definition) is 4. The summed E-state index contributed by atoms with van der Waals surface area (Å²) in [5.74, 6) is -0.833. The molecule has 178 valence electrons. The minimum absolute atomic E-state index is 0.0229. The van der Waals surface area contributed by atoms with Crippen LogP contribution in [0.15, 0.2) is 48.5 Å². The highest BCUT2D eigenvalue weighted by molar-refractivity contribution is 5.84. The normalized spacial score (nSPS) is 23.4. The van der Waals surface area contributed by atoms with Gasteiger partial charge in [0.25, 0.3) is 0 Å². The lowest BCUT2D eigenvalue weighted by atomic mass is 9.98. The molecule has 2 aliphatic carbocycles. The van der Waals surface area contributed by atoms with Crippen molar-refractivity contribution in [1.29, 1.82) is 0 Å². The highest BCUT2D eigenvalue weighted by Gasteiger charge is 2.36. The first kappa shape index (κ1) is 22.4. The summed E-state index contributed by atoms with van der Waals surface area (Å²) < 4.78 is 5.65. The number of rotatable bonds is 6. The molecule has 2 aromatic rings. The van der Waals surface area contributed by atoms with Crippen molar-refractivity contribution in [1.82, 2.24) is 10.2 Å². The molecular weight excluding hydrogens is 432 g/mol. The number of likely N-dealkylation sites (tertiary alicyclic amines) is 1. The Balaban J connectivity index is 1.12. The monoisotopic (exact) mass is 462 g/mol. The standard InChI is InChI=1S/C27H30N2O5/c30-25(29-13-5-10-24(29)26(31)32)15-17-11-12-18(14-17)28-27(33)34-16-23-21-8-3-1-6-19(21)20-7-2-4-9-22(20)23/h1-4,6-9,17-18,23-24H,5,10-16H2,(H,28,33)(H,31,32)/t17-,18+,24+/m0/s1. The van der Waals surface area contributed by atoms with Gasteiger partial charge in [-0.25, -0.2) is 9.59 Å². The van der Waals surface area contributed by atoms with E-state index >= 15 is 0 Å². The van der Waals surface area contributed by atoms with Gasteiger partial charge in [-0.05, 0) is 60.3 Å². The van der Waals surface area contributed by atoms with E-state index in [0.717, 1.165) is 19.3 Å². The fraction of sp³-hybridized carbons (Fsp3) is 0.444. The van der Waals surface area contributed by atoms with Crippen molar-refractivity contribution in [2.75, 3.05) is 13.2 Å². The molecule has 0 unspecified atom stereocenters. The number of benzene rings is 2. The Hall–Kier alpha value is -3.35. The fourth-order valence-electron chi connectivity index (χ4n) is 5.88. The molecule has 3 aliphatic rings. The molecule has 2 N–H and O–H groups in total. The summed E-state index contributed by atoms with van der Waals surface area (Å²) in [5, 5.41) is 12.3. The van der Waals surface area contributed by atoms with Gasteiger partial charge in [-0.2, -0.15) is 0 Å². The molecule has 1 aliphatic heterocycles. The molecule has 0 spiro atoms. The average Bonchev–Trinajstić information content (AvgIpc) is 3.56. The van der Waals surface area contributed by atoms with Gasteiger partial charge in [0.2, 0.25) is 5.91 Å². The second-order valence-corrected chi connectivity index (χ2v) is 9.63. The third kappa shape index (κ3) is 4.39. The molecule has 0 bridgehead atoms. The van der Waals surface area contributed by atoms with Crippen LogP contribution in [-0.2, 0) is 14.3 Å². The summed E-state index contributed by atoms with van der Waals surface area (Å²) in [4.78, 5) is 38.1. The summed E-state index contributed by atoms with van der Waals surface area (Å²) in [6, 6.07) is 15.8. The highest BCUT2D eigenvalue weighted by atomic mass is 16.5. The number of nitrogens with one attached hydrogen (secondary N) is 1. The number of amides is 2. The zero-order valence-corrected chi connectivity index (χ0v) is 19.1. The molecule has 0 aromatic heterocycles. The van der Waals surface area contributed by atoms with E-state index in [1.54, 1.807) is 0 Å². The average molecular weight is 463 g/mol. The van der Waals surface area contributed by atoms with E-state index in [9.17, 15) is 19.5 Å². The Bertz CT molecular complexity index is 1050. The second-order valence-electron chi connectivity index (χ2n) is 9.63. The van der Waals surface area contributed by atoms with E-state index in [2.05, 4.69) is 29.6 Å². The number of fused-ring (bicyclic) bond motifs is 3. The van der Waals surface area contributed by atoms with Crippen LogP contribution in [0, 0.1) is 5.92 Å². The lowest BCUT2D eigenvalue weighted by Gasteiger charge is -2.23. The maximum atomic E-state index is 12.6. The zero-order chi connectivity index (χ0) is 23.7. The van der Waals surface area contributed by atoms with Crippen molar-refractivity contribution in [2.45, 2.75) is 56.5 Å². The molecule has 2 aromatic carbocycles. The van der Waals surface area contributed by atoms with Crippen molar-refractivity contribution >= 4 is 18.0 Å². The van der Waals surface area contributed by atoms with E-state index in [-0.39, 0.29) is 30.4 Å². The molecule has 1 saturated carbocycles. The molecule has 1 saturated heterocycles. The third-order valence-electron chi connectivity index (χ3n) is 7.53. The lowest BCUT2D eigenvalue weighted by molar-refractivity contribution is -0.148. The van der Waals surface area contributed by atoms with E-state index in [4.69, 9.17) is 4.74 Å². The Morgan fingerprint density at radius 3 is 2.32 bits per heavy atom. The number of aliphatic carboxylic acids is 1. The maximum Gasteiger partial charge on any atom is 0.407 e. The molecule has 34 heavy (non-hydrogen) atoms. The Kier molecular flexibility index (Phi) is 6.26. The first-order valence-electron chi connectivity index (χ1n) is 12.1. The predicted molar refractivity (Wildman–Crippen MR) is 126 cm³/mol. The van der Waals surface area contributed by atoms with Crippen LogP contribution in [-0.4, -0.2) is 53.2 Å². The lowest BCUT2D eigenvalue weighted by Crippen LogP contribution is -2.41. The highest BCUT2D eigenvalue weighted by Crippen LogP contribution is 2.44. The first-order chi connectivity index (χ1) is 16.5. The van der Waals surface area contributed by atoms with E-state index < -0.39 is 18.1 Å². The number of carbonyl (C=O) groups is 3. The fourth-order valence-corrected chi connectivity index (χ4v) is 5.88. The molecule has 0 radical (unpaired) electrons. The number of alkyl carbamates (subject to hydrolysis) is 1. The Labute approximate surface area is 199 Å². The SMILES string of the molecule is O=C(N[C@@H]1CC[C@H](CC(=O)N2CCC[C@@H]2C(=O)O)C1)OCC1c2ccccc2-c2ccccc21. The van der Waals surface area contributed by atoms with Gasteiger partial charge in [0.05, 0.1) is 0 Å². The van der Waals surface area contributed by atoms with Gasteiger partial charge in [0, 0.05) is 24.9 Å². The molecule has 1 heterocycles. The van der Waals surface area contributed by atoms with E-state index in [1.807, 2.05) is 24.3 Å². The number of carboxylic acids is 1. The van der Waals surface area contributed by atoms with Crippen LogP contribution >= 0.6 is 0 Å². The van der Waals surface area contributed by atoms with Crippen LogP contribution in [0.2, 0.25) is 0 Å². The van der Waals surface area contributed by atoms with Crippen molar-refractivity contribution in [3.63, 3.8) is 0 Å². The van der Waals surface area contributed by atoms with E-state index in [0.29, 0.717) is 25.8 Å². The summed E-state index contributed by atoms with van der Waals surface area (Å²) in [6.45, 7) is 0.796. The van der Waals surface area contributed by atoms with Crippen LogP contribution in [0.3, 0.4) is 0 Å². The van der Waals surface area contributed by atoms with Crippen LogP contribution in [0.4, 0.5) is 4.79 Å².